The van der Waals surface area contributed by atoms with E-state index in [2.05, 4.69) is 14.2 Å². The number of ether oxygens (including phenoxy) is 1. The highest BCUT2D eigenvalue weighted by Crippen LogP contribution is 2.45. The number of halogens is 4. The maximum atomic E-state index is 12.3. The van der Waals surface area contributed by atoms with Gasteiger partial charge in [0.2, 0.25) is 0 Å². The van der Waals surface area contributed by atoms with Crippen LogP contribution in [0.4, 0.5) is 13.2 Å². The summed E-state index contributed by atoms with van der Waals surface area (Å²) in [6, 6.07) is 12.3. The summed E-state index contributed by atoms with van der Waals surface area (Å²) in [5, 5.41) is 0.785. The monoisotopic (exact) mass is 487 g/mol. The molecule has 3 aromatic rings. The zero-order chi connectivity index (χ0) is 23.1. The zero-order valence-corrected chi connectivity index (χ0v) is 18.1. The van der Waals surface area contributed by atoms with E-state index in [-0.39, 0.29) is 28.4 Å². The number of pyridine rings is 1. The molecular weight excluding hydrogens is 470 g/mol. The Bertz CT molecular complexity index is 1180. The Morgan fingerprint density at radius 1 is 1.06 bits per heavy atom. The number of fused-ring (bicyclic) bond motifs is 1. The van der Waals surface area contributed by atoms with E-state index in [1.807, 2.05) is 6.07 Å². The number of alkyl halides is 3. The van der Waals surface area contributed by atoms with E-state index >= 15 is 0 Å². The molecule has 11 heteroatoms. The number of aromatic nitrogens is 1. The number of benzene rings is 2. The van der Waals surface area contributed by atoms with Gasteiger partial charge in [0, 0.05) is 17.1 Å². The molecule has 1 aromatic heterocycles. The average Bonchev–Trinajstić information content (AvgIpc) is 2.64. The van der Waals surface area contributed by atoms with Gasteiger partial charge in [-0.2, -0.15) is 0 Å². The van der Waals surface area contributed by atoms with Gasteiger partial charge in [0.05, 0.1) is 10.5 Å². The van der Waals surface area contributed by atoms with E-state index in [9.17, 15) is 17.7 Å². The second-order valence-electron chi connectivity index (χ2n) is 7.63. The van der Waals surface area contributed by atoms with Crippen molar-refractivity contribution in [2.75, 3.05) is 0 Å². The molecule has 0 amide bonds. The van der Waals surface area contributed by atoms with Crippen LogP contribution in [-0.4, -0.2) is 21.1 Å². The predicted molar refractivity (Wildman–Crippen MR) is 112 cm³/mol. The summed E-state index contributed by atoms with van der Waals surface area (Å²) in [6.45, 7) is 0. The first kappa shape index (κ1) is 22.9. The molecule has 2 unspecified atom stereocenters. The first-order valence-corrected chi connectivity index (χ1v) is 11.6. The Morgan fingerprint density at radius 3 is 2.38 bits per heavy atom. The highest BCUT2D eigenvalue weighted by Gasteiger charge is 2.34. The first-order valence-electron chi connectivity index (χ1n) is 9.67. The van der Waals surface area contributed by atoms with Gasteiger partial charge >= 0.3 is 14.2 Å². The Labute approximate surface area is 186 Å². The van der Waals surface area contributed by atoms with E-state index in [1.165, 1.54) is 24.3 Å². The minimum absolute atomic E-state index is 0.0533. The summed E-state index contributed by atoms with van der Waals surface area (Å²) in [7, 11) is -4.70. The highest BCUT2D eigenvalue weighted by molar-refractivity contribution is 7.46. The van der Waals surface area contributed by atoms with Crippen LogP contribution in [0.15, 0.2) is 48.5 Å². The molecule has 0 spiro atoms. The van der Waals surface area contributed by atoms with Crippen molar-refractivity contribution in [3.8, 4) is 11.5 Å². The Hall–Kier alpha value is -2.32. The summed E-state index contributed by atoms with van der Waals surface area (Å²) >= 11 is 6.25. The minimum Gasteiger partial charge on any atom is -0.406 e. The number of hydrogen-bond donors (Lipinski definition) is 2. The molecule has 0 saturated heterocycles. The molecule has 0 bridgehead atoms. The van der Waals surface area contributed by atoms with Gasteiger partial charge in [0.25, 0.3) is 0 Å². The molecule has 1 aliphatic rings. The second-order valence-corrected chi connectivity index (χ2v) is 9.20. The SMILES string of the molecule is O=P(O)(O)Oc1cc(Cl)c2nc(CC3CCC3c3ccc(OC(F)(F)F)cc3)ccc2c1. The Morgan fingerprint density at radius 2 is 1.78 bits per heavy atom. The van der Waals surface area contributed by atoms with Gasteiger partial charge in [-0.3, -0.25) is 14.8 Å². The number of rotatable bonds is 6. The first-order chi connectivity index (χ1) is 15.0. The van der Waals surface area contributed by atoms with Crippen LogP contribution >= 0.6 is 19.4 Å². The van der Waals surface area contributed by atoms with Crippen LogP contribution in [0.2, 0.25) is 5.02 Å². The van der Waals surface area contributed by atoms with E-state index < -0.39 is 14.2 Å². The average molecular weight is 488 g/mol. The van der Waals surface area contributed by atoms with Gasteiger partial charge < -0.3 is 9.26 Å². The molecule has 2 atom stereocenters. The lowest BCUT2D eigenvalue weighted by atomic mass is 9.68. The summed E-state index contributed by atoms with van der Waals surface area (Å²) in [5.74, 6) is 0.194. The lowest BCUT2D eigenvalue weighted by molar-refractivity contribution is -0.274. The third-order valence-corrected chi connectivity index (χ3v) is 6.17. The Kier molecular flexibility index (Phi) is 6.11. The molecule has 32 heavy (non-hydrogen) atoms. The van der Waals surface area contributed by atoms with Crippen LogP contribution in [0.5, 0.6) is 11.5 Å². The third kappa shape index (κ3) is 5.53. The van der Waals surface area contributed by atoms with Crippen LogP contribution in [0, 0.1) is 5.92 Å². The van der Waals surface area contributed by atoms with Gasteiger partial charge in [-0.15, -0.1) is 13.2 Å². The summed E-state index contributed by atoms with van der Waals surface area (Å²) in [4.78, 5) is 22.5. The molecule has 2 N–H and O–H groups in total. The van der Waals surface area contributed by atoms with Gasteiger partial charge in [-0.1, -0.05) is 29.8 Å². The van der Waals surface area contributed by atoms with Crippen LogP contribution in [0.1, 0.15) is 30.0 Å². The van der Waals surface area contributed by atoms with Crippen molar-refractivity contribution in [3.63, 3.8) is 0 Å². The fraction of sp³-hybridized carbons (Fsp3) is 0.286. The number of phosphoric acid groups is 1. The van der Waals surface area contributed by atoms with Gasteiger partial charge in [0.15, 0.2) is 0 Å². The van der Waals surface area contributed by atoms with Crippen LogP contribution in [0.3, 0.4) is 0 Å². The normalized spacial score (nSPS) is 18.9. The fourth-order valence-corrected chi connectivity index (χ4v) is 4.59. The quantitative estimate of drug-likeness (QED) is 0.415. The lowest BCUT2D eigenvalue weighted by Gasteiger charge is -2.37. The number of phosphoric ester groups is 1. The van der Waals surface area contributed by atoms with Crippen molar-refractivity contribution in [2.45, 2.75) is 31.5 Å². The van der Waals surface area contributed by atoms with E-state index in [4.69, 9.17) is 21.4 Å². The third-order valence-electron chi connectivity index (χ3n) is 5.43. The van der Waals surface area contributed by atoms with Crippen LogP contribution in [-0.2, 0) is 11.0 Å². The molecule has 1 saturated carbocycles. The number of nitrogens with zero attached hydrogens (tertiary/aromatic N) is 1. The molecule has 4 rings (SSSR count). The topological polar surface area (TPSA) is 88.9 Å². The summed E-state index contributed by atoms with van der Waals surface area (Å²) in [6.07, 6.45) is -2.15. The number of hydrogen-bond acceptors (Lipinski definition) is 4. The van der Waals surface area contributed by atoms with Crippen LogP contribution < -0.4 is 9.26 Å². The van der Waals surface area contributed by atoms with Crippen molar-refractivity contribution in [1.82, 2.24) is 4.98 Å². The minimum atomic E-state index is -4.72. The maximum Gasteiger partial charge on any atom is 0.573 e. The lowest BCUT2D eigenvalue weighted by Crippen LogP contribution is -2.26. The molecule has 1 heterocycles. The van der Waals surface area contributed by atoms with E-state index in [1.54, 1.807) is 18.2 Å². The molecular formula is C21H18ClF3NO5P. The second kappa shape index (κ2) is 8.56. The van der Waals surface area contributed by atoms with E-state index in [0.29, 0.717) is 17.3 Å². The molecule has 170 valence electrons. The maximum absolute atomic E-state index is 12.3. The standard InChI is InChI=1S/C21H18ClF3NO5P/c22-19-11-17(31-32(27,28)29)10-14-1-5-15(26-20(14)19)9-13-4-8-18(13)12-2-6-16(7-3-12)30-21(23,24)25/h1-3,5-7,10-11,13,18H,4,8-9H2,(H2,27,28,29). The summed E-state index contributed by atoms with van der Waals surface area (Å²) in [5.41, 5.74) is 2.25. The van der Waals surface area contributed by atoms with Crippen molar-refractivity contribution >= 4 is 30.3 Å². The summed E-state index contributed by atoms with van der Waals surface area (Å²) < 4.78 is 56.6. The molecule has 0 radical (unpaired) electrons. The van der Waals surface area contributed by atoms with Crippen LogP contribution in [0.25, 0.3) is 10.9 Å². The van der Waals surface area contributed by atoms with Gasteiger partial charge in [0.1, 0.15) is 11.5 Å². The molecule has 1 fully saturated rings. The largest absolute Gasteiger partial charge is 0.573 e. The van der Waals surface area contributed by atoms with Gasteiger partial charge in [-0.05, 0) is 60.9 Å². The molecule has 1 aliphatic carbocycles. The molecule has 6 nitrogen and oxygen atoms in total. The molecule has 2 aromatic carbocycles. The van der Waals surface area contributed by atoms with Gasteiger partial charge in [-0.25, -0.2) is 4.57 Å². The van der Waals surface area contributed by atoms with E-state index in [0.717, 1.165) is 24.1 Å². The predicted octanol–water partition coefficient (Wildman–Crippen LogP) is 5.99. The fourth-order valence-electron chi connectivity index (χ4n) is 3.95. The smallest absolute Gasteiger partial charge is 0.406 e. The van der Waals surface area contributed by atoms with Crippen molar-refractivity contribution in [1.29, 1.82) is 0 Å². The Balaban J connectivity index is 1.48. The van der Waals surface area contributed by atoms with Crippen molar-refractivity contribution in [3.05, 3.63) is 64.8 Å². The zero-order valence-electron chi connectivity index (χ0n) is 16.4. The van der Waals surface area contributed by atoms with Crippen molar-refractivity contribution < 1.29 is 36.8 Å². The highest BCUT2D eigenvalue weighted by atomic mass is 35.5. The van der Waals surface area contributed by atoms with Crippen molar-refractivity contribution in [2.24, 2.45) is 5.92 Å². The molecule has 0 aliphatic heterocycles.